The first-order valence-electron chi connectivity index (χ1n) is 12.7. The fourth-order valence-corrected chi connectivity index (χ4v) is 5.49. The number of hydrogen-bond donors (Lipinski definition) is 2. The van der Waals surface area contributed by atoms with Gasteiger partial charge in [0.2, 0.25) is 0 Å². The lowest BCUT2D eigenvalue weighted by atomic mass is 9.64. The van der Waals surface area contributed by atoms with Crippen LogP contribution in [-0.2, 0) is 0 Å². The van der Waals surface area contributed by atoms with Crippen molar-refractivity contribution in [2.24, 2.45) is 11.8 Å². The molecule has 1 fully saturated rings. The van der Waals surface area contributed by atoms with Gasteiger partial charge in [0.05, 0.1) is 5.60 Å². The van der Waals surface area contributed by atoms with Crippen molar-refractivity contribution in [3.63, 3.8) is 0 Å². The first-order valence-corrected chi connectivity index (χ1v) is 12.7. The van der Waals surface area contributed by atoms with Crippen LogP contribution in [0.4, 0.5) is 11.4 Å². The van der Waals surface area contributed by atoms with Gasteiger partial charge in [0, 0.05) is 63.5 Å². The molecule has 4 nitrogen and oxygen atoms in total. The second-order valence-electron chi connectivity index (χ2n) is 10.5. The van der Waals surface area contributed by atoms with E-state index in [0.717, 1.165) is 12.8 Å². The van der Waals surface area contributed by atoms with E-state index in [1.165, 1.54) is 41.8 Å². The third-order valence-corrected chi connectivity index (χ3v) is 7.90. The maximum Gasteiger partial charge on any atom is 0.0734 e. The van der Waals surface area contributed by atoms with E-state index in [0.29, 0.717) is 0 Å². The van der Waals surface area contributed by atoms with Crippen LogP contribution in [0.5, 0.6) is 0 Å². The number of nitrogens with one attached hydrogen (secondary N) is 1. The van der Waals surface area contributed by atoms with E-state index in [9.17, 15) is 5.11 Å². The van der Waals surface area contributed by atoms with Gasteiger partial charge in [0.15, 0.2) is 0 Å². The molecule has 0 amide bonds. The van der Waals surface area contributed by atoms with E-state index in [2.05, 4.69) is 113 Å². The quantitative estimate of drug-likeness (QED) is 0.447. The maximum atomic E-state index is 12.2. The molecule has 182 valence electrons. The number of unbranched alkanes of at least 4 members (excludes halogenated alkanes) is 3. The third kappa shape index (κ3) is 5.55. The first-order chi connectivity index (χ1) is 15.7. The van der Waals surface area contributed by atoms with Crippen molar-refractivity contribution in [3.05, 3.63) is 59.7 Å². The largest absolute Gasteiger partial charge is 0.389 e. The molecule has 0 aromatic heterocycles. The normalized spacial score (nSPS) is 27.4. The van der Waals surface area contributed by atoms with Crippen LogP contribution in [0.25, 0.3) is 0 Å². The first kappa shape index (κ1) is 25.6. The van der Waals surface area contributed by atoms with Crippen LogP contribution in [0, 0.1) is 11.8 Å². The summed E-state index contributed by atoms with van der Waals surface area (Å²) in [6, 6.07) is 17.8. The molecule has 1 unspecified atom stereocenters. The van der Waals surface area contributed by atoms with Crippen molar-refractivity contribution in [1.82, 2.24) is 5.32 Å². The van der Waals surface area contributed by atoms with Crippen molar-refractivity contribution in [3.8, 4) is 0 Å². The van der Waals surface area contributed by atoms with Gasteiger partial charge in [-0.1, -0.05) is 70.7 Å². The smallest absolute Gasteiger partial charge is 0.0734 e. The zero-order valence-electron chi connectivity index (χ0n) is 21.8. The summed E-state index contributed by atoms with van der Waals surface area (Å²) >= 11 is 0. The fourth-order valence-electron chi connectivity index (χ4n) is 5.49. The lowest BCUT2D eigenvalue weighted by Crippen LogP contribution is -2.57. The lowest BCUT2D eigenvalue weighted by molar-refractivity contribution is -0.117. The Morgan fingerprint density at radius 2 is 1.15 bits per heavy atom. The number of aliphatic hydroxyl groups is 1. The lowest BCUT2D eigenvalue weighted by Gasteiger charge is -2.52. The Morgan fingerprint density at radius 1 is 0.727 bits per heavy atom. The molecule has 0 radical (unpaired) electrons. The van der Waals surface area contributed by atoms with Crippen LogP contribution in [-0.4, -0.2) is 38.9 Å². The molecule has 2 aromatic rings. The van der Waals surface area contributed by atoms with Gasteiger partial charge in [-0.05, 0) is 41.8 Å². The van der Waals surface area contributed by atoms with Crippen LogP contribution in [0.3, 0.4) is 0 Å². The molecule has 4 heteroatoms. The van der Waals surface area contributed by atoms with Crippen LogP contribution in [0.2, 0.25) is 0 Å². The minimum atomic E-state index is -0.714. The van der Waals surface area contributed by atoms with Crippen molar-refractivity contribution in [1.29, 1.82) is 0 Å². The molecule has 1 aliphatic rings. The Balaban J connectivity index is 1.95. The average molecular weight is 452 g/mol. The Labute approximate surface area is 202 Å². The van der Waals surface area contributed by atoms with E-state index in [1.807, 2.05) is 0 Å². The number of hydrogen-bond acceptors (Lipinski definition) is 4. The summed E-state index contributed by atoms with van der Waals surface area (Å²) in [4.78, 5) is 4.26. The number of rotatable bonds is 9. The van der Waals surface area contributed by atoms with E-state index < -0.39 is 5.60 Å². The molecule has 2 N–H and O–H groups in total. The minimum absolute atomic E-state index is 0.104. The summed E-state index contributed by atoms with van der Waals surface area (Å²) in [5, 5.41) is 16.2. The molecule has 33 heavy (non-hydrogen) atoms. The Kier molecular flexibility index (Phi) is 8.47. The molecule has 5 atom stereocenters. The topological polar surface area (TPSA) is 38.7 Å². The molecular weight excluding hydrogens is 406 g/mol. The summed E-state index contributed by atoms with van der Waals surface area (Å²) in [7, 11) is 8.28. The van der Waals surface area contributed by atoms with E-state index in [4.69, 9.17) is 0 Å². The molecule has 3 rings (SSSR count). The highest BCUT2D eigenvalue weighted by Crippen LogP contribution is 2.49. The molecule has 0 saturated carbocycles. The summed E-state index contributed by atoms with van der Waals surface area (Å²) in [6.07, 6.45) is 5.58. The number of piperidine rings is 1. The Morgan fingerprint density at radius 3 is 1.52 bits per heavy atom. The van der Waals surface area contributed by atoms with Crippen molar-refractivity contribution in [2.75, 3.05) is 38.0 Å². The second-order valence-corrected chi connectivity index (χ2v) is 10.5. The molecule has 1 saturated heterocycles. The average Bonchev–Trinajstić information content (AvgIpc) is 2.81. The standard InChI is InChI=1S/C29H45N3O/c1-8-9-10-11-20-29(33)21(2)27(23-12-16-25(17-13-23)31(4)5)30-28(22(29)3)24-14-18-26(19-15-24)32(6)7/h12-19,21-22,27-28,30,33H,8-11,20H2,1-7H3/t21-,22+,27-,28-,29?/m0/s1. The van der Waals surface area contributed by atoms with Gasteiger partial charge in [0.25, 0.3) is 0 Å². The highest BCUT2D eigenvalue weighted by Gasteiger charge is 2.50. The van der Waals surface area contributed by atoms with E-state index in [1.54, 1.807) is 0 Å². The van der Waals surface area contributed by atoms with Gasteiger partial charge < -0.3 is 20.2 Å². The van der Waals surface area contributed by atoms with Gasteiger partial charge in [-0.2, -0.15) is 0 Å². The summed E-state index contributed by atoms with van der Waals surface area (Å²) in [5.74, 6) is 0.244. The van der Waals surface area contributed by atoms with Crippen LogP contribution < -0.4 is 15.1 Å². The molecule has 0 bridgehead atoms. The van der Waals surface area contributed by atoms with Crippen LogP contribution in [0.1, 0.15) is 76.1 Å². The predicted molar refractivity (Wildman–Crippen MR) is 142 cm³/mol. The van der Waals surface area contributed by atoms with E-state index >= 15 is 0 Å². The predicted octanol–water partition coefficient (Wildman–Crippen LogP) is 6.18. The van der Waals surface area contributed by atoms with Gasteiger partial charge in [-0.3, -0.25) is 0 Å². The SMILES string of the molecule is CCCCCCC1(O)[C@H](C)[C@@H](c2ccc(N(C)C)cc2)N[C@H](c2ccc(N(C)C)cc2)[C@@H]1C. The maximum absolute atomic E-state index is 12.2. The molecule has 0 aliphatic carbocycles. The molecule has 1 heterocycles. The zero-order valence-corrected chi connectivity index (χ0v) is 21.8. The van der Waals surface area contributed by atoms with Gasteiger partial charge >= 0.3 is 0 Å². The van der Waals surface area contributed by atoms with E-state index in [-0.39, 0.29) is 23.9 Å². The van der Waals surface area contributed by atoms with Crippen LogP contribution in [0.15, 0.2) is 48.5 Å². The molecule has 1 aliphatic heterocycles. The Bertz CT molecular complexity index is 796. The molecular formula is C29H45N3O. The summed E-state index contributed by atoms with van der Waals surface area (Å²) in [6.45, 7) is 6.71. The summed E-state index contributed by atoms with van der Waals surface area (Å²) < 4.78 is 0. The second kappa shape index (κ2) is 10.9. The van der Waals surface area contributed by atoms with Crippen molar-refractivity contribution in [2.45, 2.75) is 70.6 Å². The zero-order chi connectivity index (χ0) is 24.2. The number of nitrogens with zero attached hydrogens (tertiary/aromatic N) is 2. The Hall–Kier alpha value is -2.04. The minimum Gasteiger partial charge on any atom is -0.389 e. The van der Waals surface area contributed by atoms with Crippen molar-refractivity contribution >= 4 is 11.4 Å². The van der Waals surface area contributed by atoms with Crippen molar-refractivity contribution < 1.29 is 5.11 Å². The number of benzene rings is 2. The molecule has 2 aromatic carbocycles. The third-order valence-electron chi connectivity index (χ3n) is 7.90. The van der Waals surface area contributed by atoms with Crippen LogP contribution >= 0.6 is 0 Å². The van der Waals surface area contributed by atoms with Gasteiger partial charge in [0.1, 0.15) is 0 Å². The van der Waals surface area contributed by atoms with Gasteiger partial charge in [-0.25, -0.2) is 0 Å². The summed E-state index contributed by atoms with van der Waals surface area (Å²) in [5.41, 5.74) is 4.18. The highest BCUT2D eigenvalue weighted by atomic mass is 16.3. The number of anilines is 2. The molecule has 0 spiro atoms. The fraction of sp³-hybridized carbons (Fsp3) is 0.586. The highest BCUT2D eigenvalue weighted by molar-refractivity contribution is 5.48. The monoisotopic (exact) mass is 451 g/mol. The van der Waals surface area contributed by atoms with Gasteiger partial charge in [-0.15, -0.1) is 0 Å².